The van der Waals surface area contributed by atoms with Gasteiger partial charge in [-0.15, -0.1) is 0 Å². The molecule has 3 N–H and O–H groups in total. The normalized spacial score (nSPS) is 12.3. The molecular formula is C20H23N3O3. The van der Waals surface area contributed by atoms with E-state index in [0.717, 1.165) is 22.4 Å². The lowest BCUT2D eigenvalue weighted by Gasteiger charge is -2.20. The largest absolute Gasteiger partial charge is 0.489 e. The highest BCUT2D eigenvalue weighted by Gasteiger charge is 2.15. The van der Waals surface area contributed by atoms with E-state index in [9.17, 15) is 9.59 Å². The van der Waals surface area contributed by atoms with Crippen LogP contribution in [0, 0.1) is 13.8 Å². The van der Waals surface area contributed by atoms with E-state index in [1.54, 1.807) is 22.8 Å². The summed E-state index contributed by atoms with van der Waals surface area (Å²) in [6, 6.07) is 11.1. The van der Waals surface area contributed by atoms with Crippen molar-refractivity contribution >= 4 is 10.9 Å². The third-order valence-electron chi connectivity index (χ3n) is 4.38. The average Bonchev–Trinajstić information content (AvgIpc) is 2.61. The van der Waals surface area contributed by atoms with Gasteiger partial charge in [0.15, 0.2) is 0 Å². The molecule has 3 rings (SSSR count). The first-order valence-electron chi connectivity index (χ1n) is 8.59. The highest BCUT2D eigenvalue weighted by Crippen LogP contribution is 2.27. The lowest BCUT2D eigenvalue weighted by molar-refractivity contribution is 0.225. The van der Waals surface area contributed by atoms with Crippen LogP contribution in [0.5, 0.6) is 5.75 Å². The van der Waals surface area contributed by atoms with Gasteiger partial charge in [-0.2, -0.15) is 0 Å². The number of nitrogens with two attached hydrogens (primary N) is 1. The van der Waals surface area contributed by atoms with E-state index in [4.69, 9.17) is 10.5 Å². The Hall–Kier alpha value is -2.86. The molecule has 0 amide bonds. The van der Waals surface area contributed by atoms with Gasteiger partial charge >= 0.3 is 5.69 Å². The summed E-state index contributed by atoms with van der Waals surface area (Å²) in [5.74, 6) is 0.732. The highest BCUT2D eigenvalue weighted by atomic mass is 16.5. The van der Waals surface area contributed by atoms with Crippen LogP contribution in [0.25, 0.3) is 10.9 Å². The lowest BCUT2D eigenvalue weighted by atomic mass is 10.0. The van der Waals surface area contributed by atoms with E-state index < -0.39 is 5.69 Å². The Labute approximate surface area is 151 Å². The van der Waals surface area contributed by atoms with E-state index in [2.05, 4.69) is 4.98 Å². The Balaban J connectivity index is 2.17. The van der Waals surface area contributed by atoms with Gasteiger partial charge in [0.1, 0.15) is 11.9 Å². The van der Waals surface area contributed by atoms with Crippen molar-refractivity contribution in [1.29, 1.82) is 0 Å². The molecule has 26 heavy (non-hydrogen) atoms. The van der Waals surface area contributed by atoms with Gasteiger partial charge in [-0.05, 0) is 38.5 Å². The number of fused-ring (bicyclic) bond motifs is 1. The fourth-order valence-electron chi connectivity index (χ4n) is 3.15. The second-order valence-electron chi connectivity index (χ2n) is 6.60. The van der Waals surface area contributed by atoms with Crippen LogP contribution in [-0.2, 0) is 6.54 Å². The molecule has 1 unspecified atom stereocenters. The monoisotopic (exact) mass is 353 g/mol. The summed E-state index contributed by atoms with van der Waals surface area (Å²) < 4.78 is 7.58. The molecule has 6 heteroatoms. The van der Waals surface area contributed by atoms with Crippen molar-refractivity contribution in [3.63, 3.8) is 0 Å². The van der Waals surface area contributed by atoms with Crippen molar-refractivity contribution in [2.45, 2.75) is 33.4 Å². The van der Waals surface area contributed by atoms with Crippen molar-refractivity contribution in [1.82, 2.24) is 9.55 Å². The number of ether oxygens (including phenoxy) is 1. The summed E-state index contributed by atoms with van der Waals surface area (Å²) >= 11 is 0. The van der Waals surface area contributed by atoms with E-state index in [1.165, 1.54) is 0 Å². The van der Waals surface area contributed by atoms with Crippen molar-refractivity contribution in [2.24, 2.45) is 5.73 Å². The molecule has 1 heterocycles. The number of rotatable bonds is 5. The second kappa shape index (κ2) is 7.17. The zero-order valence-electron chi connectivity index (χ0n) is 15.2. The standard InChI is InChI=1S/C20H23N3O3/c1-12-8-13(2)18(26-14(3)10-21)15(9-12)11-23-17-7-5-4-6-16(17)19(24)22-20(23)25/h4-9,14H,10-11,21H2,1-3H3,(H,22,24,25). The molecule has 2 aromatic carbocycles. The molecule has 0 radical (unpaired) electrons. The molecule has 0 aliphatic heterocycles. The first-order chi connectivity index (χ1) is 12.4. The SMILES string of the molecule is Cc1cc(C)c(OC(C)CN)c(Cn2c(=O)[nH]c(=O)c3ccccc32)c1. The third-order valence-corrected chi connectivity index (χ3v) is 4.38. The minimum Gasteiger partial charge on any atom is -0.489 e. The molecule has 1 aromatic heterocycles. The zero-order valence-corrected chi connectivity index (χ0v) is 15.2. The summed E-state index contributed by atoms with van der Waals surface area (Å²) in [6.45, 7) is 6.58. The van der Waals surface area contributed by atoms with Gasteiger partial charge in [-0.1, -0.05) is 29.8 Å². The first kappa shape index (κ1) is 17.9. The second-order valence-corrected chi connectivity index (χ2v) is 6.60. The molecule has 0 fully saturated rings. The Morgan fingerprint density at radius 2 is 1.92 bits per heavy atom. The topological polar surface area (TPSA) is 90.1 Å². The Kier molecular flexibility index (Phi) is 4.95. The van der Waals surface area contributed by atoms with Gasteiger partial charge in [-0.3, -0.25) is 14.3 Å². The highest BCUT2D eigenvalue weighted by molar-refractivity contribution is 5.77. The van der Waals surface area contributed by atoms with Gasteiger partial charge in [0.25, 0.3) is 5.56 Å². The number of benzene rings is 2. The number of hydrogen-bond acceptors (Lipinski definition) is 4. The van der Waals surface area contributed by atoms with Crippen LogP contribution in [-0.4, -0.2) is 22.2 Å². The minimum absolute atomic E-state index is 0.140. The molecule has 0 spiro atoms. The summed E-state index contributed by atoms with van der Waals surface area (Å²) in [5.41, 5.74) is 8.42. The number of para-hydroxylation sites is 1. The summed E-state index contributed by atoms with van der Waals surface area (Å²) in [6.07, 6.45) is -0.140. The molecule has 0 saturated heterocycles. The summed E-state index contributed by atoms with van der Waals surface area (Å²) in [4.78, 5) is 26.9. The van der Waals surface area contributed by atoms with Crippen LogP contribution >= 0.6 is 0 Å². The molecule has 3 aromatic rings. The molecule has 0 saturated carbocycles. The van der Waals surface area contributed by atoms with Crippen molar-refractivity contribution in [3.8, 4) is 5.75 Å². The fourth-order valence-corrected chi connectivity index (χ4v) is 3.15. The number of hydrogen-bond donors (Lipinski definition) is 2. The number of H-pyrrole nitrogens is 1. The van der Waals surface area contributed by atoms with E-state index in [-0.39, 0.29) is 11.7 Å². The first-order valence-corrected chi connectivity index (χ1v) is 8.59. The van der Waals surface area contributed by atoms with Gasteiger partial charge < -0.3 is 10.5 Å². The maximum atomic E-state index is 12.5. The van der Waals surface area contributed by atoms with Gasteiger partial charge in [-0.25, -0.2) is 4.79 Å². The van der Waals surface area contributed by atoms with Crippen LogP contribution in [0.1, 0.15) is 23.6 Å². The Morgan fingerprint density at radius 1 is 1.19 bits per heavy atom. The number of nitrogens with zero attached hydrogens (tertiary/aromatic N) is 1. The third kappa shape index (κ3) is 3.41. The molecule has 0 aliphatic carbocycles. The van der Waals surface area contributed by atoms with Crippen LogP contribution in [0.2, 0.25) is 0 Å². The number of aryl methyl sites for hydroxylation is 2. The lowest BCUT2D eigenvalue weighted by Crippen LogP contribution is -2.31. The van der Waals surface area contributed by atoms with Gasteiger partial charge in [0.05, 0.1) is 17.4 Å². The maximum absolute atomic E-state index is 12.5. The van der Waals surface area contributed by atoms with E-state index in [0.29, 0.717) is 24.0 Å². The van der Waals surface area contributed by atoms with Gasteiger partial charge in [0.2, 0.25) is 0 Å². The van der Waals surface area contributed by atoms with Gasteiger partial charge in [0, 0.05) is 12.1 Å². The van der Waals surface area contributed by atoms with Crippen molar-refractivity contribution < 1.29 is 4.74 Å². The fraction of sp³-hybridized carbons (Fsp3) is 0.300. The number of aromatic nitrogens is 2. The summed E-state index contributed by atoms with van der Waals surface area (Å²) in [7, 11) is 0. The predicted octanol–water partition coefficient (Wildman–Crippen LogP) is 2.08. The maximum Gasteiger partial charge on any atom is 0.329 e. The predicted molar refractivity (Wildman–Crippen MR) is 103 cm³/mol. The minimum atomic E-state index is -0.439. The van der Waals surface area contributed by atoms with E-state index >= 15 is 0 Å². The van der Waals surface area contributed by atoms with Crippen LogP contribution in [0.15, 0.2) is 46.0 Å². The molecule has 0 aliphatic rings. The molecular weight excluding hydrogens is 330 g/mol. The van der Waals surface area contributed by atoms with Crippen LogP contribution in [0.4, 0.5) is 0 Å². The molecule has 136 valence electrons. The molecule has 0 bridgehead atoms. The Bertz CT molecular complexity index is 1070. The van der Waals surface area contributed by atoms with Crippen LogP contribution < -0.4 is 21.7 Å². The quantitative estimate of drug-likeness (QED) is 0.735. The number of nitrogens with one attached hydrogen (secondary N) is 1. The van der Waals surface area contributed by atoms with Crippen LogP contribution in [0.3, 0.4) is 0 Å². The van der Waals surface area contributed by atoms with Crippen molar-refractivity contribution in [3.05, 3.63) is 73.9 Å². The van der Waals surface area contributed by atoms with Crippen molar-refractivity contribution in [2.75, 3.05) is 6.54 Å². The average molecular weight is 353 g/mol. The summed E-state index contributed by atoms with van der Waals surface area (Å²) in [5, 5.41) is 0.481. The Morgan fingerprint density at radius 3 is 2.65 bits per heavy atom. The molecule has 1 atom stereocenters. The number of aromatic amines is 1. The zero-order chi connectivity index (χ0) is 18.8. The molecule has 6 nitrogen and oxygen atoms in total. The smallest absolute Gasteiger partial charge is 0.329 e. The van der Waals surface area contributed by atoms with E-state index in [1.807, 2.05) is 39.0 Å².